The van der Waals surface area contributed by atoms with Crippen LogP contribution in [0, 0.1) is 0 Å². The largest absolute Gasteiger partial charge is 0.395 e. The molecule has 0 bridgehead atoms. The van der Waals surface area contributed by atoms with Crippen LogP contribution in [0.2, 0.25) is 0 Å². The van der Waals surface area contributed by atoms with Crippen LogP contribution in [0.25, 0.3) is 17.0 Å². The summed E-state index contributed by atoms with van der Waals surface area (Å²) >= 11 is 0. The molecule has 0 atom stereocenters. The summed E-state index contributed by atoms with van der Waals surface area (Å²) in [7, 11) is 1.43. The molecule has 0 aliphatic carbocycles. The number of aromatic amines is 1. The Labute approximate surface area is 171 Å². The second-order valence-electron chi connectivity index (χ2n) is 6.57. The van der Waals surface area contributed by atoms with E-state index in [9.17, 15) is 9.90 Å². The lowest BCUT2D eigenvalue weighted by Crippen LogP contribution is -2.28. The predicted octanol–water partition coefficient (Wildman–Crippen LogP) is 3.01. The van der Waals surface area contributed by atoms with Gasteiger partial charge in [-0.15, -0.1) is 0 Å². The van der Waals surface area contributed by atoms with Crippen molar-refractivity contribution in [2.24, 2.45) is 0 Å². The SMILES string of the molecule is CNO.O=C/C=C/c1ccc(CN(CCO)CCc2c[nH]c3ccccc23)cc1. The molecule has 154 valence electrons. The van der Waals surface area contributed by atoms with Crippen LogP contribution in [0.3, 0.4) is 0 Å². The molecule has 0 fully saturated rings. The third kappa shape index (κ3) is 7.29. The minimum absolute atomic E-state index is 0.147. The monoisotopic (exact) mass is 395 g/mol. The van der Waals surface area contributed by atoms with E-state index in [0.717, 1.165) is 36.9 Å². The summed E-state index contributed by atoms with van der Waals surface area (Å²) in [6.07, 6.45) is 7.08. The number of rotatable bonds is 9. The van der Waals surface area contributed by atoms with Gasteiger partial charge in [0.1, 0.15) is 6.29 Å². The third-order valence-corrected chi connectivity index (χ3v) is 4.54. The highest BCUT2D eigenvalue weighted by molar-refractivity contribution is 5.83. The van der Waals surface area contributed by atoms with Gasteiger partial charge in [-0.05, 0) is 35.3 Å². The molecule has 3 rings (SSSR count). The average Bonchev–Trinajstić information content (AvgIpc) is 3.15. The maximum absolute atomic E-state index is 10.4. The van der Waals surface area contributed by atoms with E-state index in [2.05, 4.69) is 46.4 Å². The molecule has 0 aliphatic rings. The maximum Gasteiger partial charge on any atom is 0.142 e. The van der Waals surface area contributed by atoms with Gasteiger partial charge in [0, 0.05) is 43.8 Å². The van der Waals surface area contributed by atoms with E-state index in [4.69, 9.17) is 5.21 Å². The number of aldehydes is 1. The van der Waals surface area contributed by atoms with Crippen LogP contribution >= 0.6 is 0 Å². The number of carbonyl (C=O) groups excluding carboxylic acids is 1. The molecule has 6 heteroatoms. The van der Waals surface area contributed by atoms with Crippen LogP contribution < -0.4 is 5.48 Å². The number of carbonyl (C=O) groups is 1. The van der Waals surface area contributed by atoms with Gasteiger partial charge in [-0.2, -0.15) is 0 Å². The number of hydrogen-bond acceptors (Lipinski definition) is 5. The Kier molecular flexibility index (Phi) is 9.82. The Morgan fingerprint density at radius 1 is 1.10 bits per heavy atom. The van der Waals surface area contributed by atoms with Crippen LogP contribution in [-0.2, 0) is 17.8 Å². The van der Waals surface area contributed by atoms with Crippen molar-refractivity contribution in [3.63, 3.8) is 0 Å². The Bertz CT molecular complexity index is 888. The van der Waals surface area contributed by atoms with Crippen molar-refractivity contribution in [3.05, 3.63) is 77.5 Å². The van der Waals surface area contributed by atoms with Gasteiger partial charge < -0.3 is 15.3 Å². The summed E-state index contributed by atoms with van der Waals surface area (Å²) in [6, 6.07) is 16.5. The van der Waals surface area contributed by atoms with Crippen molar-refractivity contribution in [1.29, 1.82) is 0 Å². The summed E-state index contributed by atoms with van der Waals surface area (Å²) in [6.45, 7) is 2.47. The molecule has 0 aliphatic heterocycles. The number of fused-ring (bicyclic) bond motifs is 1. The molecular weight excluding hydrogens is 366 g/mol. The Hall–Kier alpha value is -2.77. The number of aliphatic hydroxyl groups excluding tert-OH is 1. The number of aromatic nitrogens is 1. The minimum atomic E-state index is 0.147. The van der Waals surface area contributed by atoms with Gasteiger partial charge >= 0.3 is 0 Å². The van der Waals surface area contributed by atoms with Gasteiger partial charge in [0.2, 0.25) is 0 Å². The van der Waals surface area contributed by atoms with Gasteiger partial charge in [0.15, 0.2) is 0 Å². The Balaban J connectivity index is 0.000000941. The van der Waals surface area contributed by atoms with Crippen LogP contribution in [0.15, 0.2) is 60.8 Å². The zero-order chi connectivity index (χ0) is 20.9. The van der Waals surface area contributed by atoms with Crippen molar-refractivity contribution in [2.45, 2.75) is 13.0 Å². The molecule has 3 aromatic rings. The van der Waals surface area contributed by atoms with Gasteiger partial charge in [-0.25, -0.2) is 5.48 Å². The number of aliphatic hydroxyl groups is 1. The Morgan fingerprint density at radius 3 is 2.52 bits per heavy atom. The quantitative estimate of drug-likeness (QED) is 0.254. The summed E-state index contributed by atoms with van der Waals surface area (Å²) < 4.78 is 0. The molecule has 1 heterocycles. The number of hydroxylamine groups is 1. The van der Waals surface area contributed by atoms with E-state index in [1.165, 1.54) is 29.6 Å². The number of nitrogens with one attached hydrogen (secondary N) is 2. The second kappa shape index (κ2) is 12.6. The molecule has 6 nitrogen and oxygen atoms in total. The molecule has 0 unspecified atom stereocenters. The number of allylic oxidation sites excluding steroid dienone is 1. The lowest BCUT2D eigenvalue weighted by Gasteiger charge is -2.21. The average molecular weight is 396 g/mol. The minimum Gasteiger partial charge on any atom is -0.395 e. The lowest BCUT2D eigenvalue weighted by molar-refractivity contribution is -0.104. The molecule has 1 aromatic heterocycles. The number of H-pyrrole nitrogens is 1. The van der Waals surface area contributed by atoms with E-state index < -0.39 is 0 Å². The Morgan fingerprint density at radius 2 is 1.83 bits per heavy atom. The van der Waals surface area contributed by atoms with Crippen molar-refractivity contribution in [1.82, 2.24) is 15.4 Å². The van der Waals surface area contributed by atoms with Gasteiger partial charge in [0.05, 0.1) is 6.61 Å². The van der Waals surface area contributed by atoms with E-state index in [0.29, 0.717) is 6.54 Å². The summed E-state index contributed by atoms with van der Waals surface area (Å²) in [5, 5.41) is 18.0. The fraction of sp³-hybridized carbons (Fsp3) is 0.261. The topological polar surface area (TPSA) is 88.6 Å². The molecule has 0 saturated heterocycles. The second-order valence-corrected chi connectivity index (χ2v) is 6.57. The first kappa shape index (κ1) is 22.5. The van der Waals surface area contributed by atoms with E-state index in [1.54, 1.807) is 11.6 Å². The molecule has 29 heavy (non-hydrogen) atoms. The molecule has 0 saturated carbocycles. The van der Waals surface area contributed by atoms with Gasteiger partial charge in [-0.3, -0.25) is 9.69 Å². The summed E-state index contributed by atoms with van der Waals surface area (Å²) in [5.41, 5.74) is 6.42. The van der Waals surface area contributed by atoms with Crippen molar-refractivity contribution >= 4 is 23.3 Å². The molecule has 0 radical (unpaired) electrons. The van der Waals surface area contributed by atoms with Crippen molar-refractivity contribution < 1.29 is 15.1 Å². The summed E-state index contributed by atoms with van der Waals surface area (Å²) in [4.78, 5) is 16.0. The van der Waals surface area contributed by atoms with E-state index >= 15 is 0 Å². The third-order valence-electron chi connectivity index (χ3n) is 4.54. The highest BCUT2D eigenvalue weighted by Crippen LogP contribution is 2.18. The van der Waals surface area contributed by atoms with Crippen LogP contribution in [0.5, 0.6) is 0 Å². The lowest BCUT2D eigenvalue weighted by atomic mass is 10.1. The first-order valence-corrected chi connectivity index (χ1v) is 9.61. The fourth-order valence-electron chi connectivity index (χ4n) is 3.17. The molecule has 4 N–H and O–H groups in total. The highest BCUT2D eigenvalue weighted by atomic mass is 16.5. The zero-order valence-corrected chi connectivity index (χ0v) is 16.7. The standard InChI is InChI=1S/C22H24N2O2.CH5NO/c25-14-3-4-18-7-9-19(10-8-18)17-24(13-15-26)12-11-20-16-23-22-6-2-1-5-21(20)22;1-2-3/h1-10,14,16,23,26H,11-13,15,17H2;2-3H,1H3/b4-3+;. The van der Waals surface area contributed by atoms with Crippen LogP contribution in [0.4, 0.5) is 0 Å². The van der Waals surface area contributed by atoms with Crippen LogP contribution in [0.1, 0.15) is 16.7 Å². The van der Waals surface area contributed by atoms with Crippen LogP contribution in [-0.4, -0.2) is 53.2 Å². The fourth-order valence-corrected chi connectivity index (χ4v) is 3.17. The van der Waals surface area contributed by atoms with E-state index in [-0.39, 0.29) is 6.61 Å². The number of hydrogen-bond donors (Lipinski definition) is 4. The number of benzene rings is 2. The summed E-state index contributed by atoms with van der Waals surface area (Å²) in [5.74, 6) is 0. The zero-order valence-electron chi connectivity index (χ0n) is 16.7. The molecule has 0 spiro atoms. The normalized spacial score (nSPS) is 11.0. The number of para-hydroxylation sites is 1. The first-order valence-electron chi connectivity index (χ1n) is 9.61. The van der Waals surface area contributed by atoms with Gasteiger partial charge in [0.25, 0.3) is 0 Å². The maximum atomic E-state index is 10.4. The highest BCUT2D eigenvalue weighted by Gasteiger charge is 2.08. The van der Waals surface area contributed by atoms with E-state index in [1.807, 2.05) is 18.2 Å². The first-order chi connectivity index (χ1) is 14.2. The predicted molar refractivity (Wildman–Crippen MR) is 117 cm³/mol. The molecule has 2 aromatic carbocycles. The van der Waals surface area contributed by atoms with Crippen molar-refractivity contribution in [2.75, 3.05) is 26.7 Å². The number of nitrogens with zero attached hydrogens (tertiary/aromatic N) is 1. The smallest absolute Gasteiger partial charge is 0.142 e. The molecule has 0 amide bonds. The van der Waals surface area contributed by atoms with Gasteiger partial charge in [-0.1, -0.05) is 48.5 Å². The van der Waals surface area contributed by atoms with Crippen molar-refractivity contribution in [3.8, 4) is 0 Å². The molecular formula is C23H29N3O3.